The third-order valence-electron chi connectivity index (χ3n) is 4.17. The molecule has 26 heavy (non-hydrogen) atoms. The first-order chi connectivity index (χ1) is 12.6. The second-order valence-corrected chi connectivity index (χ2v) is 6.00. The molecular weight excluding hydrogens is 332 g/mol. The molecule has 1 heterocycles. The molecule has 5 heteroatoms. The highest BCUT2D eigenvalue weighted by Gasteiger charge is 2.30. The average Bonchev–Trinajstić information content (AvgIpc) is 3.05. The average molecular weight is 358 g/mol. The number of carbonyl (C=O) groups excluding carboxylic acids is 2. The van der Waals surface area contributed by atoms with E-state index < -0.39 is 11.9 Å². The second-order valence-electron chi connectivity index (χ2n) is 6.00. The molecule has 2 rings (SSSR count). The van der Waals surface area contributed by atoms with Gasteiger partial charge in [-0.1, -0.05) is 56.5 Å². The summed E-state index contributed by atoms with van der Waals surface area (Å²) in [5, 5.41) is 0. The zero-order valence-corrected chi connectivity index (χ0v) is 15.7. The van der Waals surface area contributed by atoms with E-state index in [1.807, 2.05) is 30.3 Å². The van der Waals surface area contributed by atoms with Crippen LogP contribution in [0.25, 0.3) is 11.3 Å². The molecule has 1 aromatic carbocycles. The normalized spacial score (nSPS) is 10.6. The lowest BCUT2D eigenvalue weighted by Gasteiger charge is -2.05. The Bertz CT molecular complexity index is 730. The minimum absolute atomic E-state index is 0.0996. The zero-order valence-electron chi connectivity index (χ0n) is 15.7. The fourth-order valence-corrected chi connectivity index (χ4v) is 2.90. The van der Waals surface area contributed by atoms with Crippen molar-refractivity contribution in [2.45, 2.75) is 46.0 Å². The second kappa shape index (κ2) is 9.80. The Hall–Kier alpha value is -2.56. The number of unbranched alkanes of at least 4 members (excludes halogenated alkanes) is 3. The van der Waals surface area contributed by atoms with Crippen LogP contribution in [0.4, 0.5) is 0 Å². The highest BCUT2D eigenvalue weighted by molar-refractivity contribution is 6.01. The molecule has 0 aliphatic heterocycles. The molecule has 0 fully saturated rings. The third kappa shape index (κ3) is 4.54. The summed E-state index contributed by atoms with van der Waals surface area (Å²) in [4.78, 5) is 24.9. The molecule has 0 radical (unpaired) electrons. The van der Waals surface area contributed by atoms with Gasteiger partial charge >= 0.3 is 11.9 Å². The van der Waals surface area contributed by atoms with E-state index in [0.717, 1.165) is 31.2 Å². The van der Waals surface area contributed by atoms with Crippen molar-refractivity contribution >= 4 is 11.9 Å². The van der Waals surface area contributed by atoms with E-state index in [-0.39, 0.29) is 12.4 Å². The van der Waals surface area contributed by atoms with Crippen LogP contribution in [0.1, 0.15) is 66.0 Å². The molecule has 0 spiro atoms. The van der Waals surface area contributed by atoms with E-state index >= 15 is 0 Å². The van der Waals surface area contributed by atoms with Gasteiger partial charge in [-0.25, -0.2) is 9.59 Å². The van der Waals surface area contributed by atoms with E-state index in [4.69, 9.17) is 13.9 Å². The highest BCUT2D eigenvalue weighted by Crippen LogP contribution is 2.34. The Morgan fingerprint density at radius 2 is 1.73 bits per heavy atom. The Morgan fingerprint density at radius 3 is 2.35 bits per heavy atom. The van der Waals surface area contributed by atoms with E-state index in [2.05, 4.69) is 6.92 Å². The first-order valence-electron chi connectivity index (χ1n) is 9.10. The van der Waals surface area contributed by atoms with Crippen LogP contribution in [0.2, 0.25) is 0 Å². The first kappa shape index (κ1) is 19.8. The van der Waals surface area contributed by atoms with Crippen LogP contribution < -0.4 is 0 Å². The number of carbonyl (C=O) groups is 2. The van der Waals surface area contributed by atoms with Crippen molar-refractivity contribution in [2.24, 2.45) is 0 Å². The summed E-state index contributed by atoms with van der Waals surface area (Å²) in [6, 6.07) is 9.25. The maximum Gasteiger partial charge on any atom is 0.374 e. The molecule has 5 nitrogen and oxygen atoms in total. The highest BCUT2D eigenvalue weighted by atomic mass is 16.5. The van der Waals surface area contributed by atoms with Gasteiger partial charge < -0.3 is 13.9 Å². The Labute approximate surface area is 154 Å². The number of methoxy groups -OCH3 is 1. The third-order valence-corrected chi connectivity index (χ3v) is 4.17. The van der Waals surface area contributed by atoms with Gasteiger partial charge in [0.25, 0.3) is 0 Å². The Kier molecular flexibility index (Phi) is 7.45. The first-order valence-corrected chi connectivity index (χ1v) is 9.10. The van der Waals surface area contributed by atoms with Crippen molar-refractivity contribution in [3.63, 3.8) is 0 Å². The number of esters is 2. The molecule has 0 unspecified atom stereocenters. The summed E-state index contributed by atoms with van der Waals surface area (Å²) < 4.78 is 15.9. The number of benzene rings is 1. The zero-order chi connectivity index (χ0) is 18.9. The van der Waals surface area contributed by atoms with Crippen LogP contribution in [-0.2, 0) is 15.9 Å². The van der Waals surface area contributed by atoms with Crippen molar-refractivity contribution in [1.29, 1.82) is 0 Å². The SMILES string of the molecule is CCCCCCc1c(C(=O)OCC)oc(-c2ccccc2)c1C(=O)OC. The summed E-state index contributed by atoms with van der Waals surface area (Å²) >= 11 is 0. The fourth-order valence-electron chi connectivity index (χ4n) is 2.90. The van der Waals surface area contributed by atoms with Gasteiger partial charge in [-0.15, -0.1) is 0 Å². The Morgan fingerprint density at radius 1 is 1.00 bits per heavy atom. The summed E-state index contributed by atoms with van der Waals surface area (Å²) in [5.41, 5.74) is 1.61. The van der Waals surface area contributed by atoms with Gasteiger partial charge in [-0.3, -0.25) is 0 Å². The maximum atomic E-state index is 12.5. The van der Waals surface area contributed by atoms with Crippen LogP contribution >= 0.6 is 0 Å². The number of hydrogen-bond acceptors (Lipinski definition) is 5. The molecule has 0 saturated heterocycles. The van der Waals surface area contributed by atoms with Gasteiger partial charge in [0, 0.05) is 11.1 Å². The lowest BCUT2D eigenvalue weighted by Crippen LogP contribution is -2.10. The minimum Gasteiger partial charge on any atom is -0.465 e. The van der Waals surface area contributed by atoms with Crippen molar-refractivity contribution in [3.8, 4) is 11.3 Å². The topological polar surface area (TPSA) is 65.7 Å². The molecule has 0 N–H and O–H groups in total. The smallest absolute Gasteiger partial charge is 0.374 e. The molecule has 1 aromatic heterocycles. The molecule has 0 saturated carbocycles. The molecule has 2 aromatic rings. The lowest BCUT2D eigenvalue weighted by atomic mass is 9.99. The van der Waals surface area contributed by atoms with Gasteiger partial charge in [0.1, 0.15) is 11.3 Å². The summed E-state index contributed by atoms with van der Waals surface area (Å²) in [7, 11) is 1.33. The van der Waals surface area contributed by atoms with E-state index in [9.17, 15) is 9.59 Å². The molecule has 0 atom stereocenters. The molecular formula is C21H26O5. The van der Waals surface area contributed by atoms with Gasteiger partial charge in [0.15, 0.2) is 0 Å². The van der Waals surface area contributed by atoms with Crippen LogP contribution in [0.3, 0.4) is 0 Å². The maximum absolute atomic E-state index is 12.5. The quantitative estimate of drug-likeness (QED) is 0.464. The van der Waals surface area contributed by atoms with Crippen molar-refractivity contribution in [2.75, 3.05) is 13.7 Å². The monoisotopic (exact) mass is 358 g/mol. The largest absolute Gasteiger partial charge is 0.465 e. The molecule has 0 amide bonds. The summed E-state index contributed by atoms with van der Waals surface area (Å²) in [6.07, 6.45) is 4.65. The lowest BCUT2D eigenvalue weighted by molar-refractivity contribution is 0.0489. The van der Waals surface area contributed by atoms with Gasteiger partial charge in [0.2, 0.25) is 5.76 Å². The van der Waals surface area contributed by atoms with E-state index in [1.54, 1.807) is 6.92 Å². The minimum atomic E-state index is -0.551. The molecule has 0 bridgehead atoms. The van der Waals surface area contributed by atoms with Gasteiger partial charge in [0.05, 0.1) is 13.7 Å². The standard InChI is InChI=1S/C21H26O5/c1-4-6-7-11-14-16-17(20(22)24-3)18(15-12-9-8-10-13-15)26-19(16)21(23)25-5-2/h8-10,12-13H,4-7,11,14H2,1-3H3. The summed E-state index contributed by atoms with van der Waals surface area (Å²) in [6.45, 7) is 4.11. The van der Waals surface area contributed by atoms with Gasteiger partial charge in [-0.2, -0.15) is 0 Å². The van der Waals surface area contributed by atoms with Crippen molar-refractivity contribution in [3.05, 3.63) is 47.2 Å². The summed E-state index contributed by atoms with van der Waals surface area (Å²) in [5.74, 6) is -0.604. The van der Waals surface area contributed by atoms with Crippen molar-refractivity contribution < 1.29 is 23.5 Å². The van der Waals surface area contributed by atoms with Crippen LogP contribution in [0, 0.1) is 0 Å². The molecule has 0 aliphatic rings. The molecule has 0 aliphatic carbocycles. The van der Waals surface area contributed by atoms with Crippen LogP contribution in [0.5, 0.6) is 0 Å². The predicted octanol–water partition coefficient (Wildman–Crippen LogP) is 5.03. The number of furan rings is 1. The molecule has 140 valence electrons. The van der Waals surface area contributed by atoms with Crippen LogP contribution in [0.15, 0.2) is 34.7 Å². The number of hydrogen-bond donors (Lipinski definition) is 0. The van der Waals surface area contributed by atoms with Crippen LogP contribution in [-0.4, -0.2) is 25.7 Å². The number of ether oxygens (including phenoxy) is 2. The Balaban J connectivity index is 2.53. The predicted molar refractivity (Wildman–Crippen MR) is 99.3 cm³/mol. The van der Waals surface area contributed by atoms with E-state index in [0.29, 0.717) is 23.3 Å². The van der Waals surface area contributed by atoms with E-state index in [1.165, 1.54) is 7.11 Å². The number of rotatable bonds is 9. The van der Waals surface area contributed by atoms with Crippen molar-refractivity contribution in [1.82, 2.24) is 0 Å². The van der Waals surface area contributed by atoms with Gasteiger partial charge in [-0.05, 0) is 19.8 Å². The fraction of sp³-hybridized carbons (Fsp3) is 0.429.